The second-order valence-electron chi connectivity index (χ2n) is 6.44. The van der Waals surface area contributed by atoms with E-state index in [1.165, 1.54) is 6.42 Å². The van der Waals surface area contributed by atoms with E-state index in [0.717, 1.165) is 51.1 Å². The molecular weight excluding hydrogens is 280 g/mol. The average molecular weight is 300 g/mol. The zero-order valence-electron chi connectivity index (χ0n) is 12.6. The zero-order valence-corrected chi connectivity index (χ0v) is 12.6. The van der Waals surface area contributed by atoms with Crippen molar-refractivity contribution in [3.8, 4) is 0 Å². The minimum absolute atomic E-state index is 0.0106. The first-order valence-corrected chi connectivity index (χ1v) is 7.97. The summed E-state index contributed by atoms with van der Waals surface area (Å²) in [6, 6.07) is 5.41. The Kier molecular flexibility index (Phi) is 3.37. The highest BCUT2D eigenvalue weighted by Crippen LogP contribution is 2.39. The van der Waals surface area contributed by atoms with Crippen LogP contribution in [0.3, 0.4) is 0 Å². The smallest absolute Gasteiger partial charge is 0.289 e. The van der Waals surface area contributed by atoms with Crippen molar-refractivity contribution in [2.45, 2.75) is 25.7 Å². The maximum absolute atomic E-state index is 12.8. The van der Waals surface area contributed by atoms with E-state index in [1.54, 1.807) is 12.3 Å². The highest BCUT2D eigenvalue weighted by molar-refractivity contribution is 5.95. The summed E-state index contributed by atoms with van der Waals surface area (Å²) in [4.78, 5) is 19.0. The Morgan fingerprint density at radius 3 is 2.95 bits per heavy atom. The predicted octanol–water partition coefficient (Wildman–Crippen LogP) is 2.86. The number of amides is 1. The van der Waals surface area contributed by atoms with E-state index in [-0.39, 0.29) is 11.3 Å². The third-order valence-corrected chi connectivity index (χ3v) is 5.00. The Balaban J connectivity index is 1.56. The second-order valence-corrected chi connectivity index (χ2v) is 6.44. The van der Waals surface area contributed by atoms with Crippen LogP contribution in [0.4, 0.5) is 0 Å². The van der Waals surface area contributed by atoms with Crippen molar-refractivity contribution in [2.24, 2.45) is 5.41 Å². The number of pyridine rings is 1. The lowest BCUT2D eigenvalue weighted by atomic mass is 9.74. The Bertz CT molecular complexity index is 650. The summed E-state index contributed by atoms with van der Waals surface area (Å²) < 4.78 is 11.2. The van der Waals surface area contributed by atoms with Crippen LogP contribution in [0.15, 0.2) is 28.8 Å². The molecule has 5 heteroatoms. The predicted molar refractivity (Wildman–Crippen MR) is 81.6 cm³/mol. The van der Waals surface area contributed by atoms with Gasteiger partial charge in [-0.05, 0) is 43.2 Å². The monoisotopic (exact) mass is 300 g/mol. The molecule has 2 aliphatic rings. The van der Waals surface area contributed by atoms with Crippen molar-refractivity contribution < 1.29 is 13.9 Å². The second kappa shape index (κ2) is 5.39. The van der Waals surface area contributed by atoms with E-state index in [9.17, 15) is 4.79 Å². The Morgan fingerprint density at radius 2 is 2.14 bits per heavy atom. The van der Waals surface area contributed by atoms with Gasteiger partial charge >= 0.3 is 0 Å². The summed E-state index contributed by atoms with van der Waals surface area (Å²) in [5.74, 6) is 0.390. The van der Waals surface area contributed by atoms with E-state index >= 15 is 0 Å². The van der Waals surface area contributed by atoms with Gasteiger partial charge in [-0.3, -0.25) is 9.78 Å². The summed E-state index contributed by atoms with van der Waals surface area (Å²) in [5, 5.41) is 0. The minimum Gasteiger partial charge on any atom is -0.449 e. The molecule has 1 amide bonds. The fraction of sp³-hybridized carbons (Fsp3) is 0.529. The van der Waals surface area contributed by atoms with Crippen LogP contribution < -0.4 is 0 Å². The number of aromatic nitrogens is 1. The molecule has 116 valence electrons. The summed E-state index contributed by atoms with van der Waals surface area (Å²) in [5.41, 5.74) is 1.66. The van der Waals surface area contributed by atoms with Gasteiger partial charge in [-0.25, -0.2) is 0 Å². The summed E-state index contributed by atoms with van der Waals surface area (Å²) >= 11 is 0. The number of ether oxygens (including phenoxy) is 1. The lowest BCUT2D eigenvalue weighted by Gasteiger charge is -2.44. The van der Waals surface area contributed by atoms with E-state index in [1.807, 2.05) is 17.0 Å². The Hall–Kier alpha value is -1.88. The van der Waals surface area contributed by atoms with Crippen LogP contribution in [0.5, 0.6) is 0 Å². The third kappa shape index (κ3) is 2.39. The standard InChI is InChI=1S/C17H20N2O3/c20-16(15-11-13-14(22-15)3-1-7-18-13)19-8-2-4-17(12-19)5-9-21-10-6-17/h1,3,7,11H,2,4-6,8-10,12H2. The van der Waals surface area contributed by atoms with E-state index in [4.69, 9.17) is 9.15 Å². The van der Waals surface area contributed by atoms with E-state index in [0.29, 0.717) is 11.3 Å². The number of hydrogen-bond acceptors (Lipinski definition) is 4. The Labute approximate surface area is 129 Å². The minimum atomic E-state index is -0.0106. The normalized spacial score (nSPS) is 21.4. The van der Waals surface area contributed by atoms with Gasteiger partial charge in [0.1, 0.15) is 5.52 Å². The van der Waals surface area contributed by atoms with Crippen LogP contribution in [-0.2, 0) is 4.74 Å². The fourth-order valence-corrected chi connectivity index (χ4v) is 3.72. The first-order chi connectivity index (χ1) is 10.8. The molecule has 2 saturated heterocycles. The molecule has 0 unspecified atom stereocenters. The topological polar surface area (TPSA) is 55.6 Å². The van der Waals surface area contributed by atoms with Gasteiger partial charge in [-0.2, -0.15) is 0 Å². The highest BCUT2D eigenvalue weighted by Gasteiger charge is 2.39. The number of piperidine rings is 1. The van der Waals surface area contributed by atoms with Crippen LogP contribution in [0, 0.1) is 5.41 Å². The largest absolute Gasteiger partial charge is 0.449 e. The van der Waals surface area contributed by atoms with Gasteiger partial charge in [0.25, 0.3) is 5.91 Å². The third-order valence-electron chi connectivity index (χ3n) is 5.00. The number of carbonyl (C=O) groups is 1. The zero-order chi connectivity index (χ0) is 15.0. The molecule has 22 heavy (non-hydrogen) atoms. The van der Waals surface area contributed by atoms with Crippen LogP contribution >= 0.6 is 0 Å². The first kappa shape index (κ1) is 13.8. The molecule has 5 nitrogen and oxygen atoms in total. The number of hydrogen-bond donors (Lipinski definition) is 0. The molecule has 4 heterocycles. The van der Waals surface area contributed by atoms with Gasteiger partial charge in [0.05, 0.1) is 0 Å². The van der Waals surface area contributed by atoms with Crippen molar-refractivity contribution in [3.63, 3.8) is 0 Å². The van der Waals surface area contributed by atoms with Gasteiger partial charge in [0, 0.05) is 38.6 Å². The number of carbonyl (C=O) groups excluding carboxylic acids is 1. The summed E-state index contributed by atoms with van der Waals surface area (Å²) in [7, 11) is 0. The van der Waals surface area contributed by atoms with Crippen LogP contribution in [0.1, 0.15) is 36.2 Å². The number of likely N-dealkylation sites (tertiary alicyclic amines) is 1. The van der Waals surface area contributed by atoms with Crippen LogP contribution in [0.25, 0.3) is 11.1 Å². The quantitative estimate of drug-likeness (QED) is 0.812. The van der Waals surface area contributed by atoms with Crippen molar-refractivity contribution in [1.82, 2.24) is 9.88 Å². The fourth-order valence-electron chi connectivity index (χ4n) is 3.72. The SMILES string of the molecule is O=C(c1cc2ncccc2o1)N1CCCC2(CCOCC2)C1. The molecule has 2 aromatic heterocycles. The number of fused-ring (bicyclic) bond motifs is 1. The number of rotatable bonds is 1. The molecule has 0 atom stereocenters. The number of nitrogens with zero attached hydrogens (tertiary/aromatic N) is 2. The lowest BCUT2D eigenvalue weighted by molar-refractivity contribution is -0.0235. The van der Waals surface area contributed by atoms with Gasteiger partial charge < -0.3 is 14.1 Å². The summed E-state index contributed by atoms with van der Waals surface area (Å²) in [6.07, 6.45) is 6.08. The van der Waals surface area contributed by atoms with Gasteiger partial charge in [-0.15, -0.1) is 0 Å². The van der Waals surface area contributed by atoms with Crippen LogP contribution in [0.2, 0.25) is 0 Å². The van der Waals surface area contributed by atoms with Gasteiger partial charge in [0.2, 0.25) is 0 Å². The highest BCUT2D eigenvalue weighted by atomic mass is 16.5. The maximum Gasteiger partial charge on any atom is 0.289 e. The maximum atomic E-state index is 12.8. The number of furan rings is 1. The molecule has 2 aromatic rings. The molecule has 4 rings (SSSR count). The van der Waals surface area contributed by atoms with E-state index < -0.39 is 0 Å². The molecule has 0 bridgehead atoms. The first-order valence-electron chi connectivity index (χ1n) is 7.97. The molecule has 0 radical (unpaired) electrons. The van der Waals surface area contributed by atoms with Crippen molar-refractivity contribution in [3.05, 3.63) is 30.2 Å². The van der Waals surface area contributed by atoms with Crippen molar-refractivity contribution >= 4 is 17.0 Å². The molecule has 0 saturated carbocycles. The molecule has 0 aliphatic carbocycles. The molecule has 2 aliphatic heterocycles. The van der Waals surface area contributed by atoms with Gasteiger partial charge in [0.15, 0.2) is 11.3 Å². The van der Waals surface area contributed by atoms with Gasteiger partial charge in [-0.1, -0.05) is 0 Å². The van der Waals surface area contributed by atoms with Crippen molar-refractivity contribution in [2.75, 3.05) is 26.3 Å². The molecular formula is C17H20N2O3. The molecule has 1 spiro atoms. The van der Waals surface area contributed by atoms with E-state index in [2.05, 4.69) is 4.98 Å². The van der Waals surface area contributed by atoms with Crippen molar-refractivity contribution in [1.29, 1.82) is 0 Å². The summed E-state index contributed by atoms with van der Waals surface area (Å²) in [6.45, 7) is 3.26. The van der Waals surface area contributed by atoms with Crippen LogP contribution in [-0.4, -0.2) is 42.1 Å². The average Bonchev–Trinajstić information content (AvgIpc) is 2.99. The molecule has 2 fully saturated rings. The molecule has 0 N–H and O–H groups in total. The lowest BCUT2D eigenvalue weighted by Crippen LogP contribution is -2.48. The molecule has 0 aromatic carbocycles. The Morgan fingerprint density at radius 1 is 1.27 bits per heavy atom.